The smallest absolute Gasteiger partial charge is 0.225 e. The Kier molecular flexibility index (Phi) is 7.56. The van der Waals surface area contributed by atoms with Crippen LogP contribution in [0.2, 0.25) is 0 Å². The standard InChI is InChI=1S/C29H39N5O2S/c1-18(2)29(36)32-11-10-27-26(17-32)31-20(4)34(27)24-14-22-5-6-23(15-24)33(22)12-9-21(13-19(3)35)28-8-7-25(16-30)37-28/h7-8,18,21-24H,5-6,9-15,17H2,1-4H3/t21-,22?,23?,24?/m1/s1. The summed E-state index contributed by atoms with van der Waals surface area (Å²) in [6.45, 7) is 10.2. The predicted octanol–water partition coefficient (Wildman–Crippen LogP) is 4.99. The van der Waals surface area contributed by atoms with Gasteiger partial charge in [0.05, 0.1) is 12.2 Å². The van der Waals surface area contributed by atoms with Crippen molar-refractivity contribution in [2.24, 2.45) is 5.92 Å². The lowest BCUT2D eigenvalue weighted by Gasteiger charge is -2.41. The minimum absolute atomic E-state index is 0.0212. The number of rotatable bonds is 8. The molecule has 7 nitrogen and oxygen atoms in total. The molecule has 8 heteroatoms. The number of aromatic nitrogens is 2. The van der Waals surface area contributed by atoms with E-state index in [1.165, 1.54) is 34.7 Å². The van der Waals surface area contributed by atoms with Crippen molar-refractivity contribution in [1.29, 1.82) is 5.26 Å². The average Bonchev–Trinajstić information content (AvgIpc) is 3.53. The Morgan fingerprint density at radius 1 is 1.19 bits per heavy atom. The number of thiophene rings is 1. The summed E-state index contributed by atoms with van der Waals surface area (Å²) in [6.07, 6.45) is 7.16. The van der Waals surface area contributed by atoms with Crippen molar-refractivity contribution in [2.75, 3.05) is 13.1 Å². The van der Waals surface area contributed by atoms with Crippen LogP contribution in [0.25, 0.3) is 0 Å². The second kappa shape index (κ2) is 10.7. The molecule has 1 amide bonds. The van der Waals surface area contributed by atoms with Crippen LogP contribution in [0.15, 0.2) is 12.1 Å². The van der Waals surface area contributed by atoms with Crippen molar-refractivity contribution in [3.05, 3.63) is 39.1 Å². The fourth-order valence-electron chi connectivity index (χ4n) is 7.03. The van der Waals surface area contributed by atoms with Gasteiger partial charge in [-0.25, -0.2) is 4.98 Å². The summed E-state index contributed by atoms with van der Waals surface area (Å²) >= 11 is 1.54. The van der Waals surface area contributed by atoms with Crippen LogP contribution in [0.1, 0.15) is 98.2 Å². The van der Waals surface area contributed by atoms with Crippen LogP contribution in [-0.2, 0) is 22.6 Å². The zero-order chi connectivity index (χ0) is 26.3. The van der Waals surface area contributed by atoms with E-state index in [-0.39, 0.29) is 23.5 Å². The zero-order valence-electron chi connectivity index (χ0n) is 22.6. The molecule has 0 radical (unpaired) electrons. The first-order valence-corrected chi connectivity index (χ1v) is 14.7. The number of aryl methyl sites for hydroxylation is 1. The lowest BCUT2D eigenvalue weighted by molar-refractivity contribution is -0.135. The van der Waals surface area contributed by atoms with Crippen molar-refractivity contribution in [3.63, 3.8) is 0 Å². The molecule has 0 aliphatic carbocycles. The summed E-state index contributed by atoms with van der Waals surface area (Å²) in [5, 5.41) is 9.24. The molecule has 0 spiro atoms. The molecule has 2 saturated heterocycles. The van der Waals surface area contributed by atoms with Crippen LogP contribution >= 0.6 is 11.3 Å². The first kappa shape index (κ1) is 26.1. The molecule has 2 fully saturated rings. The number of hydrogen-bond donors (Lipinski definition) is 0. The monoisotopic (exact) mass is 521 g/mol. The van der Waals surface area contributed by atoms with Gasteiger partial charge in [0, 0.05) is 59.9 Å². The van der Waals surface area contributed by atoms with Crippen molar-refractivity contribution in [3.8, 4) is 6.07 Å². The van der Waals surface area contributed by atoms with E-state index in [2.05, 4.69) is 22.5 Å². The number of Topliss-reactive ketones (excluding diaryl/α,β-unsaturated/α-hetero) is 1. The molecular formula is C29H39N5O2S. The number of hydrogen-bond acceptors (Lipinski definition) is 6. The number of carbonyl (C=O) groups excluding carboxylic acids is 2. The fourth-order valence-corrected chi connectivity index (χ4v) is 7.97. The number of amides is 1. The highest BCUT2D eigenvalue weighted by Crippen LogP contribution is 2.43. The topological polar surface area (TPSA) is 82.2 Å². The van der Waals surface area contributed by atoms with Crippen molar-refractivity contribution < 1.29 is 9.59 Å². The van der Waals surface area contributed by atoms with E-state index in [9.17, 15) is 14.9 Å². The van der Waals surface area contributed by atoms with Crippen molar-refractivity contribution in [2.45, 2.75) is 103 Å². The molecular weight excluding hydrogens is 482 g/mol. The van der Waals surface area contributed by atoms with Crippen LogP contribution in [0.5, 0.6) is 0 Å². The molecule has 2 aromatic heterocycles. The summed E-state index contributed by atoms with van der Waals surface area (Å²) < 4.78 is 2.52. The Morgan fingerprint density at radius 3 is 2.54 bits per heavy atom. The lowest BCUT2D eigenvalue weighted by Crippen LogP contribution is -2.45. The van der Waals surface area contributed by atoms with E-state index < -0.39 is 0 Å². The summed E-state index contributed by atoms with van der Waals surface area (Å²) in [7, 11) is 0. The van der Waals surface area contributed by atoms with Crippen LogP contribution in [0, 0.1) is 24.2 Å². The van der Waals surface area contributed by atoms with Crippen LogP contribution in [-0.4, -0.2) is 56.2 Å². The van der Waals surface area contributed by atoms with E-state index in [1.54, 1.807) is 6.92 Å². The molecule has 0 aromatic carbocycles. The van der Waals surface area contributed by atoms with Gasteiger partial charge < -0.3 is 14.3 Å². The number of imidazole rings is 1. The molecule has 3 atom stereocenters. The Labute approximate surface area is 224 Å². The largest absolute Gasteiger partial charge is 0.336 e. The summed E-state index contributed by atoms with van der Waals surface area (Å²) in [5.74, 6) is 1.74. The zero-order valence-corrected chi connectivity index (χ0v) is 23.4. The van der Waals surface area contributed by atoms with E-state index in [4.69, 9.17) is 4.98 Å². The summed E-state index contributed by atoms with van der Waals surface area (Å²) in [5.41, 5.74) is 2.43. The highest BCUT2D eigenvalue weighted by atomic mass is 32.1. The number of fused-ring (bicyclic) bond motifs is 3. The Morgan fingerprint density at radius 2 is 1.92 bits per heavy atom. The average molecular weight is 522 g/mol. The van der Waals surface area contributed by atoms with Gasteiger partial charge in [0.1, 0.15) is 22.6 Å². The minimum atomic E-state index is 0.0212. The van der Waals surface area contributed by atoms with Crippen LogP contribution in [0.3, 0.4) is 0 Å². The number of nitrogens with zero attached hydrogens (tertiary/aromatic N) is 5. The highest BCUT2D eigenvalue weighted by Gasteiger charge is 2.42. The SMILES string of the molecule is CC(=O)C[C@@H](CCN1C2CCC1CC(n1c(C)nc3c1CCN(C(=O)C(C)C)C3)C2)c1ccc(C#N)s1. The number of carbonyl (C=O) groups is 2. The van der Waals surface area contributed by atoms with Crippen molar-refractivity contribution in [1.82, 2.24) is 19.4 Å². The maximum Gasteiger partial charge on any atom is 0.225 e. The van der Waals surface area contributed by atoms with Crippen LogP contribution in [0.4, 0.5) is 0 Å². The number of ketones is 1. The third-order valence-electron chi connectivity index (χ3n) is 8.67. The van der Waals surface area contributed by atoms with Gasteiger partial charge in [-0.2, -0.15) is 5.26 Å². The first-order chi connectivity index (χ1) is 17.7. The van der Waals surface area contributed by atoms with Gasteiger partial charge in [-0.05, 0) is 64.6 Å². The predicted molar refractivity (Wildman–Crippen MR) is 144 cm³/mol. The molecule has 2 unspecified atom stereocenters. The van der Waals surface area contributed by atoms with Gasteiger partial charge in [0.2, 0.25) is 5.91 Å². The van der Waals surface area contributed by atoms with Gasteiger partial charge in [-0.15, -0.1) is 11.3 Å². The minimum Gasteiger partial charge on any atom is -0.336 e. The van der Waals surface area contributed by atoms with Gasteiger partial charge >= 0.3 is 0 Å². The molecule has 37 heavy (non-hydrogen) atoms. The molecule has 3 aliphatic heterocycles. The molecule has 5 rings (SSSR count). The molecule has 0 N–H and O–H groups in total. The molecule has 2 aromatic rings. The third kappa shape index (κ3) is 5.26. The van der Waals surface area contributed by atoms with E-state index in [1.807, 2.05) is 30.9 Å². The Bertz CT molecular complexity index is 1190. The van der Waals surface area contributed by atoms with Gasteiger partial charge in [-0.1, -0.05) is 13.8 Å². The van der Waals surface area contributed by atoms with E-state index in [0.29, 0.717) is 31.1 Å². The maximum absolute atomic E-state index is 12.6. The normalized spacial score (nSPS) is 24.2. The van der Waals surface area contributed by atoms with Gasteiger partial charge in [0.25, 0.3) is 0 Å². The molecule has 198 valence electrons. The Hall–Kier alpha value is -2.50. The second-order valence-electron chi connectivity index (χ2n) is 11.5. The third-order valence-corrected chi connectivity index (χ3v) is 9.82. The molecule has 3 aliphatic rings. The van der Waals surface area contributed by atoms with E-state index >= 15 is 0 Å². The summed E-state index contributed by atoms with van der Waals surface area (Å²) in [6, 6.07) is 7.77. The van der Waals surface area contributed by atoms with Gasteiger partial charge in [-0.3, -0.25) is 9.69 Å². The maximum atomic E-state index is 12.6. The molecule has 5 heterocycles. The molecule has 0 saturated carbocycles. The summed E-state index contributed by atoms with van der Waals surface area (Å²) in [4.78, 5) is 36.1. The Balaban J connectivity index is 1.26. The van der Waals surface area contributed by atoms with E-state index in [0.717, 1.165) is 55.2 Å². The quantitative estimate of drug-likeness (QED) is 0.489. The highest BCUT2D eigenvalue weighted by molar-refractivity contribution is 7.12. The molecule has 2 bridgehead atoms. The lowest BCUT2D eigenvalue weighted by atomic mass is 9.93. The number of piperidine rings is 1. The van der Waals surface area contributed by atoms with Crippen molar-refractivity contribution >= 4 is 23.0 Å². The second-order valence-corrected chi connectivity index (χ2v) is 12.7. The van der Waals surface area contributed by atoms with Gasteiger partial charge in [0.15, 0.2) is 0 Å². The first-order valence-electron chi connectivity index (χ1n) is 13.9. The fraction of sp³-hybridized carbons (Fsp3) is 0.655. The number of nitriles is 1. The van der Waals surface area contributed by atoms with Crippen LogP contribution < -0.4 is 0 Å².